The normalized spacial score (nSPS) is 28.3. The minimum atomic E-state index is -3.64. The van der Waals surface area contributed by atoms with Crippen molar-refractivity contribution in [3.05, 3.63) is 87.2 Å². The van der Waals surface area contributed by atoms with Gasteiger partial charge in [-0.25, -0.2) is 4.21 Å². The van der Waals surface area contributed by atoms with E-state index in [0.717, 1.165) is 54.0 Å². The number of anilines is 1. The Morgan fingerprint density at radius 2 is 2.04 bits per heavy atom. The average Bonchev–Trinajstić information content (AvgIpc) is 3.30. The lowest BCUT2D eigenvalue weighted by Crippen LogP contribution is -2.49. The van der Waals surface area contributed by atoms with E-state index in [4.69, 9.17) is 25.8 Å². The minimum absolute atomic E-state index is 0.0861. The lowest BCUT2D eigenvalue weighted by Gasteiger charge is -2.46. The van der Waals surface area contributed by atoms with Crippen molar-refractivity contribution < 1.29 is 32.9 Å². The molecule has 4 aliphatic rings. The average molecular weight is 738 g/mol. The molecule has 1 spiro atoms. The Morgan fingerprint density at radius 1 is 1.20 bits per heavy atom. The largest absolute Gasteiger partial charge is 0.593 e. The lowest BCUT2D eigenvalue weighted by atomic mass is 9.68. The molecule has 3 heterocycles. The molecule has 0 radical (unpaired) electrons. The third-order valence-electron chi connectivity index (χ3n) is 11.0. The van der Waals surface area contributed by atoms with Crippen LogP contribution in [0.25, 0.3) is 0 Å². The molecule has 2 aromatic carbocycles. The Labute approximate surface area is 303 Å². The van der Waals surface area contributed by atoms with Crippen LogP contribution >= 0.6 is 11.6 Å². The van der Waals surface area contributed by atoms with Crippen molar-refractivity contribution in [2.75, 3.05) is 44.6 Å². The van der Waals surface area contributed by atoms with E-state index in [2.05, 4.69) is 32.2 Å². The van der Waals surface area contributed by atoms with Crippen LogP contribution in [0, 0.1) is 17.0 Å². The highest BCUT2D eigenvalue weighted by atomic mass is 35.5. The summed E-state index contributed by atoms with van der Waals surface area (Å²) in [5, 5.41) is 13.1. The molecule has 5 atom stereocenters. The number of benzene rings is 2. The number of methoxy groups -OCH3 is 2. The van der Waals surface area contributed by atoms with Crippen molar-refractivity contribution in [1.29, 1.82) is 0 Å². The molecule has 2 aliphatic heterocycles. The zero-order valence-electron chi connectivity index (χ0n) is 29.1. The summed E-state index contributed by atoms with van der Waals surface area (Å²) < 4.78 is 39.9. The van der Waals surface area contributed by atoms with Gasteiger partial charge in [0, 0.05) is 36.2 Å². The molecule has 3 aromatic rings. The van der Waals surface area contributed by atoms with E-state index < -0.39 is 21.7 Å². The van der Waals surface area contributed by atoms with Crippen LogP contribution in [0.5, 0.6) is 11.6 Å². The summed E-state index contributed by atoms with van der Waals surface area (Å²) in [6.45, 7) is 1.91. The molecule has 7 rings (SSSR count). The van der Waals surface area contributed by atoms with Gasteiger partial charge in [0.15, 0.2) is 5.56 Å². The van der Waals surface area contributed by atoms with Gasteiger partial charge < -0.3 is 24.3 Å². The summed E-state index contributed by atoms with van der Waals surface area (Å²) in [7, 11) is 0.812. The maximum absolute atomic E-state index is 14.4. The van der Waals surface area contributed by atoms with Crippen molar-refractivity contribution in [3.63, 3.8) is 0 Å². The number of rotatable bonds is 4. The van der Waals surface area contributed by atoms with Crippen LogP contribution < -0.4 is 23.9 Å². The standard InChI is InChI=1S/C37H44ClN5O7S/c1-41-21-29(36(49-3)43(41)46)35(45)40-51(47)17-6-4-5-9-32(48-2)28-13-10-26(28)20-42-22-37(16-7-8-24-18-27(38)12-14-30(24)37)23-50-33-15-11-25(19-31(33)42)34(44)39-51/h5,9,11-12,14-15,18-19,21,26,28,32H,4,6-8,10,13,16-17,20,22-23H2,1-3H3,(H,39,40,44,45,47)/b9-5+/t26-,28+,32-,37-,51-/m0/s1. The molecule has 2 aliphatic carbocycles. The Bertz CT molecular complexity index is 2010. The van der Waals surface area contributed by atoms with Crippen molar-refractivity contribution in [3.8, 4) is 11.6 Å². The molecule has 1 aromatic heterocycles. The molecule has 0 unspecified atom stereocenters. The highest BCUT2D eigenvalue weighted by molar-refractivity contribution is 7.92. The molecule has 12 nitrogen and oxygen atoms in total. The zero-order valence-corrected chi connectivity index (χ0v) is 30.7. The molecule has 0 saturated heterocycles. The van der Waals surface area contributed by atoms with Gasteiger partial charge in [-0.05, 0) is 103 Å². The number of nitrogens with one attached hydrogen (secondary N) is 1. The number of carbonyl (C=O) groups is 2. The molecule has 14 heteroatoms. The lowest BCUT2D eigenvalue weighted by molar-refractivity contribution is -0.696. The van der Waals surface area contributed by atoms with Crippen molar-refractivity contribution in [2.45, 2.75) is 56.5 Å². The smallest absolute Gasteiger partial charge is 0.418 e. The van der Waals surface area contributed by atoms with E-state index in [1.54, 1.807) is 25.3 Å². The SMILES string of the molecule is COc1c(C(=O)N[S@@]2(=O)=NC(=O)c3ccc4c(c3)N(C[C@@H]3CC[C@H]3[C@@H](OC)/C=C/CCC2)C[C@@]2(CCCc3cc(Cl)ccc32)CO4)cn(C)[n+]1[O-]. The Balaban J connectivity index is 1.29. The summed E-state index contributed by atoms with van der Waals surface area (Å²) in [6, 6.07) is 11.4. The van der Waals surface area contributed by atoms with Crippen LogP contribution in [0.1, 0.15) is 70.4 Å². The van der Waals surface area contributed by atoms with E-state index >= 15 is 0 Å². The Kier molecular flexibility index (Phi) is 9.81. The van der Waals surface area contributed by atoms with Gasteiger partial charge in [-0.1, -0.05) is 29.8 Å². The maximum atomic E-state index is 14.4. The topological polar surface area (TPSA) is 138 Å². The number of allylic oxidation sites excluding steroid dienone is 1. The first-order chi connectivity index (χ1) is 24.5. The number of ether oxygens (including phenoxy) is 3. The number of hydrogen-bond acceptors (Lipinski definition) is 8. The Morgan fingerprint density at radius 3 is 2.80 bits per heavy atom. The van der Waals surface area contributed by atoms with Gasteiger partial charge in [0.2, 0.25) is 0 Å². The van der Waals surface area contributed by atoms with E-state index in [1.807, 2.05) is 12.1 Å². The first-order valence-electron chi connectivity index (χ1n) is 17.5. The fourth-order valence-corrected chi connectivity index (χ4v) is 9.96. The minimum Gasteiger partial charge on any atom is -0.593 e. The second-order valence-electron chi connectivity index (χ2n) is 14.1. The number of halogens is 1. The maximum Gasteiger partial charge on any atom is 0.418 e. The Hall–Kier alpha value is -4.07. The van der Waals surface area contributed by atoms with Gasteiger partial charge in [-0.3, -0.25) is 14.3 Å². The summed E-state index contributed by atoms with van der Waals surface area (Å²) >= 11 is 6.44. The second-order valence-corrected chi connectivity index (χ2v) is 16.6. The van der Waals surface area contributed by atoms with Crippen LogP contribution in [-0.4, -0.2) is 66.5 Å². The number of amides is 2. The van der Waals surface area contributed by atoms with Crippen molar-refractivity contribution >= 4 is 39.0 Å². The predicted molar refractivity (Wildman–Crippen MR) is 194 cm³/mol. The number of fused-ring (bicyclic) bond motifs is 4. The zero-order chi connectivity index (χ0) is 35.9. The van der Waals surface area contributed by atoms with Crippen LogP contribution in [0.15, 0.2) is 59.1 Å². The summed E-state index contributed by atoms with van der Waals surface area (Å²) in [6.07, 6.45) is 11.2. The quantitative estimate of drug-likeness (QED) is 0.221. The van der Waals surface area contributed by atoms with Crippen molar-refractivity contribution in [2.24, 2.45) is 23.2 Å². The van der Waals surface area contributed by atoms with E-state index in [9.17, 15) is 19.0 Å². The summed E-state index contributed by atoms with van der Waals surface area (Å²) in [4.78, 5) is 30.1. The first-order valence-corrected chi connectivity index (χ1v) is 19.5. The van der Waals surface area contributed by atoms with Gasteiger partial charge in [0.1, 0.15) is 15.7 Å². The third-order valence-corrected chi connectivity index (χ3v) is 13.0. The monoisotopic (exact) mass is 737 g/mol. The molecule has 1 saturated carbocycles. The highest BCUT2D eigenvalue weighted by Gasteiger charge is 2.44. The molecule has 1 N–H and O–H groups in total. The van der Waals surface area contributed by atoms with Crippen LogP contribution in [0.2, 0.25) is 5.02 Å². The van der Waals surface area contributed by atoms with Gasteiger partial charge in [-0.2, -0.15) is 0 Å². The van der Waals surface area contributed by atoms with Crippen LogP contribution in [0.3, 0.4) is 0 Å². The first kappa shape index (κ1) is 35.3. The molecular formula is C37H44ClN5O7S. The molecular weight excluding hydrogens is 694 g/mol. The van der Waals surface area contributed by atoms with Crippen LogP contribution in [-0.2, 0) is 33.5 Å². The number of nitrogens with zero attached hydrogens (tertiary/aromatic N) is 4. The van der Waals surface area contributed by atoms with E-state index in [-0.39, 0.29) is 34.3 Å². The predicted octanol–water partition coefficient (Wildman–Crippen LogP) is 5.14. The number of aryl methyl sites for hydroxylation is 2. The molecule has 1 fully saturated rings. The summed E-state index contributed by atoms with van der Waals surface area (Å²) in [5.74, 6) is -0.551. The number of hydrogen-bond donors (Lipinski definition) is 1. The van der Waals surface area contributed by atoms with Gasteiger partial charge >= 0.3 is 5.88 Å². The van der Waals surface area contributed by atoms with E-state index in [0.29, 0.717) is 48.4 Å². The molecule has 2 amide bonds. The number of aromatic nitrogens is 2. The molecule has 272 valence electrons. The van der Waals surface area contributed by atoms with Gasteiger partial charge in [0.05, 0.1) is 44.5 Å². The third kappa shape index (κ3) is 6.83. The highest BCUT2D eigenvalue weighted by Crippen LogP contribution is 2.47. The van der Waals surface area contributed by atoms with Crippen LogP contribution in [0.4, 0.5) is 5.69 Å². The second kappa shape index (κ2) is 14.2. The van der Waals surface area contributed by atoms with Crippen molar-refractivity contribution in [1.82, 2.24) is 9.40 Å². The number of carbonyl (C=O) groups excluding carboxylic acids is 2. The fraction of sp³-hybridized carbons (Fsp3) is 0.486. The van der Waals surface area contributed by atoms with Gasteiger partial charge in [0.25, 0.3) is 11.8 Å². The summed E-state index contributed by atoms with van der Waals surface area (Å²) in [5.41, 5.74) is 3.10. The molecule has 51 heavy (non-hydrogen) atoms. The van der Waals surface area contributed by atoms with E-state index in [1.165, 1.54) is 31.5 Å². The van der Waals surface area contributed by atoms with Gasteiger partial charge in [-0.15, -0.1) is 9.04 Å². The fourth-order valence-electron chi connectivity index (χ4n) is 8.20. The molecule has 2 bridgehead atoms.